The highest BCUT2D eigenvalue weighted by molar-refractivity contribution is 4.50. The van der Waals surface area contributed by atoms with E-state index in [1.54, 1.807) is 0 Å². The monoisotopic (exact) mass is 174 g/mol. The standard InChI is InChI=1S/C9H22N2O/c1-2-3-5-10-6-4-7-11-8-9-12/h10-12H,2-9H2,1H3. The molecule has 0 saturated carbocycles. The Kier molecular flexibility index (Phi) is 10.8. The molecule has 0 rings (SSSR count). The third-order valence-corrected chi connectivity index (χ3v) is 1.70. The molecule has 0 atom stereocenters. The largest absolute Gasteiger partial charge is 0.395 e. The lowest BCUT2D eigenvalue weighted by Crippen LogP contribution is -2.24. The van der Waals surface area contributed by atoms with Gasteiger partial charge in [-0.1, -0.05) is 13.3 Å². The van der Waals surface area contributed by atoms with Gasteiger partial charge in [0, 0.05) is 6.54 Å². The van der Waals surface area contributed by atoms with Gasteiger partial charge in [0.15, 0.2) is 0 Å². The van der Waals surface area contributed by atoms with E-state index in [0.29, 0.717) is 0 Å². The lowest BCUT2D eigenvalue weighted by atomic mass is 10.3. The van der Waals surface area contributed by atoms with Gasteiger partial charge in [0.25, 0.3) is 0 Å². The number of unbranched alkanes of at least 4 members (excludes halogenated alkanes) is 1. The van der Waals surface area contributed by atoms with Gasteiger partial charge in [0.1, 0.15) is 0 Å². The summed E-state index contributed by atoms with van der Waals surface area (Å²) in [5.41, 5.74) is 0. The van der Waals surface area contributed by atoms with Crippen LogP contribution in [0, 0.1) is 0 Å². The van der Waals surface area contributed by atoms with Gasteiger partial charge in [-0.25, -0.2) is 0 Å². The minimum atomic E-state index is 0.239. The molecule has 0 fully saturated rings. The first-order valence-corrected chi connectivity index (χ1v) is 4.94. The van der Waals surface area contributed by atoms with Crippen molar-refractivity contribution in [1.82, 2.24) is 10.6 Å². The summed E-state index contributed by atoms with van der Waals surface area (Å²) in [5.74, 6) is 0. The summed E-state index contributed by atoms with van der Waals surface area (Å²) >= 11 is 0. The Morgan fingerprint density at radius 3 is 2.08 bits per heavy atom. The molecule has 0 aromatic carbocycles. The first-order valence-electron chi connectivity index (χ1n) is 4.94. The summed E-state index contributed by atoms with van der Waals surface area (Å²) in [6, 6.07) is 0. The summed E-state index contributed by atoms with van der Waals surface area (Å²) in [6.07, 6.45) is 3.67. The van der Waals surface area contributed by atoms with Crippen LogP contribution in [0.5, 0.6) is 0 Å². The number of aliphatic hydroxyl groups is 1. The molecule has 0 unspecified atom stereocenters. The molecule has 0 aromatic rings. The Hall–Kier alpha value is -0.120. The minimum absolute atomic E-state index is 0.239. The van der Waals surface area contributed by atoms with Gasteiger partial charge in [-0.15, -0.1) is 0 Å². The van der Waals surface area contributed by atoms with Gasteiger partial charge in [0.2, 0.25) is 0 Å². The fraction of sp³-hybridized carbons (Fsp3) is 1.00. The molecule has 0 aliphatic heterocycles. The Balaban J connectivity index is 2.73. The van der Waals surface area contributed by atoms with E-state index in [0.717, 1.165) is 32.6 Å². The summed E-state index contributed by atoms with van der Waals surface area (Å²) in [6.45, 7) is 6.37. The van der Waals surface area contributed by atoms with E-state index in [4.69, 9.17) is 5.11 Å². The summed E-state index contributed by atoms with van der Waals surface area (Å²) in [5, 5.41) is 15.0. The van der Waals surface area contributed by atoms with Crippen molar-refractivity contribution < 1.29 is 5.11 Å². The molecule has 3 nitrogen and oxygen atoms in total. The number of nitrogens with one attached hydrogen (secondary N) is 2. The molecule has 0 radical (unpaired) electrons. The maximum Gasteiger partial charge on any atom is 0.0555 e. The number of aliphatic hydroxyl groups excluding tert-OH is 1. The summed E-state index contributed by atoms with van der Waals surface area (Å²) < 4.78 is 0. The van der Waals surface area contributed by atoms with Crippen LogP contribution in [0.1, 0.15) is 26.2 Å². The van der Waals surface area contributed by atoms with Crippen LogP contribution in [-0.4, -0.2) is 37.9 Å². The van der Waals surface area contributed by atoms with Crippen LogP contribution in [0.25, 0.3) is 0 Å². The molecule has 0 bridgehead atoms. The normalized spacial score (nSPS) is 10.5. The van der Waals surface area contributed by atoms with Crippen LogP contribution in [0.4, 0.5) is 0 Å². The highest BCUT2D eigenvalue weighted by Gasteiger charge is 1.87. The van der Waals surface area contributed by atoms with Crippen LogP contribution >= 0.6 is 0 Å². The fourth-order valence-electron chi connectivity index (χ4n) is 0.969. The highest BCUT2D eigenvalue weighted by atomic mass is 16.3. The number of hydrogen-bond donors (Lipinski definition) is 3. The first kappa shape index (κ1) is 11.9. The predicted molar refractivity (Wildman–Crippen MR) is 52.4 cm³/mol. The van der Waals surface area contributed by atoms with E-state index in [2.05, 4.69) is 17.6 Å². The molecule has 3 N–H and O–H groups in total. The Morgan fingerprint density at radius 1 is 0.917 bits per heavy atom. The molecule has 0 heterocycles. The Morgan fingerprint density at radius 2 is 1.50 bits per heavy atom. The fourth-order valence-corrected chi connectivity index (χ4v) is 0.969. The molecular weight excluding hydrogens is 152 g/mol. The average Bonchev–Trinajstić information content (AvgIpc) is 2.10. The first-order chi connectivity index (χ1) is 5.91. The number of rotatable bonds is 9. The molecule has 0 aliphatic carbocycles. The van der Waals surface area contributed by atoms with Gasteiger partial charge in [-0.2, -0.15) is 0 Å². The van der Waals surface area contributed by atoms with Gasteiger partial charge in [-0.05, 0) is 32.5 Å². The molecule has 74 valence electrons. The zero-order valence-corrected chi connectivity index (χ0v) is 8.10. The molecule has 3 heteroatoms. The van der Waals surface area contributed by atoms with Gasteiger partial charge < -0.3 is 15.7 Å². The molecular formula is C9H22N2O. The van der Waals surface area contributed by atoms with Gasteiger partial charge >= 0.3 is 0 Å². The molecule has 0 aliphatic rings. The number of hydrogen-bond acceptors (Lipinski definition) is 3. The van der Waals surface area contributed by atoms with Gasteiger partial charge in [-0.3, -0.25) is 0 Å². The van der Waals surface area contributed by atoms with Crippen LogP contribution in [-0.2, 0) is 0 Å². The van der Waals surface area contributed by atoms with Crippen molar-refractivity contribution in [3.63, 3.8) is 0 Å². The summed E-state index contributed by atoms with van der Waals surface area (Å²) in [4.78, 5) is 0. The van der Waals surface area contributed by atoms with Gasteiger partial charge in [0.05, 0.1) is 6.61 Å². The lowest BCUT2D eigenvalue weighted by molar-refractivity contribution is 0.292. The topological polar surface area (TPSA) is 44.3 Å². The zero-order valence-electron chi connectivity index (χ0n) is 8.10. The quantitative estimate of drug-likeness (QED) is 0.442. The van der Waals surface area contributed by atoms with Crippen molar-refractivity contribution in [2.45, 2.75) is 26.2 Å². The Bertz CT molecular complexity index is 68.9. The smallest absolute Gasteiger partial charge is 0.0555 e. The average molecular weight is 174 g/mol. The lowest BCUT2D eigenvalue weighted by Gasteiger charge is -2.04. The zero-order chi connectivity index (χ0) is 9.07. The van der Waals surface area contributed by atoms with E-state index in [9.17, 15) is 0 Å². The SMILES string of the molecule is CCCCNCCCNCCO. The van der Waals surface area contributed by atoms with Crippen molar-refractivity contribution in [3.8, 4) is 0 Å². The highest BCUT2D eigenvalue weighted by Crippen LogP contribution is 1.82. The second-order valence-electron chi connectivity index (χ2n) is 2.93. The maximum atomic E-state index is 8.46. The predicted octanol–water partition coefficient (Wildman–Crippen LogP) is 0.348. The van der Waals surface area contributed by atoms with Crippen LogP contribution in [0.15, 0.2) is 0 Å². The third kappa shape index (κ3) is 9.88. The van der Waals surface area contributed by atoms with E-state index in [-0.39, 0.29) is 6.61 Å². The van der Waals surface area contributed by atoms with Crippen molar-refractivity contribution in [2.75, 3.05) is 32.8 Å². The molecule has 0 amide bonds. The van der Waals surface area contributed by atoms with Crippen LogP contribution in [0.3, 0.4) is 0 Å². The van der Waals surface area contributed by atoms with E-state index >= 15 is 0 Å². The third-order valence-electron chi connectivity index (χ3n) is 1.70. The molecule has 0 aromatic heterocycles. The van der Waals surface area contributed by atoms with Crippen molar-refractivity contribution in [3.05, 3.63) is 0 Å². The maximum absolute atomic E-state index is 8.46. The summed E-state index contributed by atoms with van der Waals surface area (Å²) in [7, 11) is 0. The molecule has 12 heavy (non-hydrogen) atoms. The van der Waals surface area contributed by atoms with Crippen molar-refractivity contribution in [2.24, 2.45) is 0 Å². The minimum Gasteiger partial charge on any atom is -0.395 e. The van der Waals surface area contributed by atoms with Crippen molar-refractivity contribution in [1.29, 1.82) is 0 Å². The molecule has 0 saturated heterocycles. The van der Waals surface area contributed by atoms with Crippen LogP contribution < -0.4 is 10.6 Å². The molecule has 0 spiro atoms. The van der Waals surface area contributed by atoms with Crippen LogP contribution in [0.2, 0.25) is 0 Å². The Labute approximate surface area is 75.6 Å². The second kappa shape index (κ2) is 10.9. The van der Waals surface area contributed by atoms with E-state index < -0.39 is 0 Å². The van der Waals surface area contributed by atoms with Crippen molar-refractivity contribution >= 4 is 0 Å². The van der Waals surface area contributed by atoms with E-state index in [1.807, 2.05) is 0 Å². The second-order valence-corrected chi connectivity index (χ2v) is 2.93. The van der Waals surface area contributed by atoms with E-state index in [1.165, 1.54) is 12.8 Å².